The first-order valence-electron chi connectivity index (χ1n) is 9.32. The van der Waals surface area contributed by atoms with E-state index in [0.29, 0.717) is 22.5 Å². The molecule has 1 aromatic heterocycles. The van der Waals surface area contributed by atoms with Crippen LogP contribution in [0, 0.1) is 11.7 Å². The summed E-state index contributed by atoms with van der Waals surface area (Å²) in [6.45, 7) is 0. The van der Waals surface area contributed by atoms with Gasteiger partial charge in [-0.1, -0.05) is 35.9 Å². The van der Waals surface area contributed by atoms with Crippen LogP contribution in [0.25, 0.3) is 22.0 Å². The fraction of sp³-hybridized carbons (Fsp3) is 0.238. The highest BCUT2D eigenvalue weighted by atomic mass is 35.5. The number of halogens is 2. The van der Waals surface area contributed by atoms with Crippen LogP contribution >= 0.6 is 11.6 Å². The minimum absolute atomic E-state index is 0.000983. The number of nitrogens with one attached hydrogen (secondary N) is 2. The lowest BCUT2D eigenvalue weighted by molar-refractivity contribution is -0.120. The van der Waals surface area contributed by atoms with Gasteiger partial charge in [0.2, 0.25) is 5.91 Å². The standard InChI is InChI=1S/C21H17ClFN3O3/c22-17-12(5-4-10-6-7-24-19(10)17)13-2-1-3-14(18(13)23)25-20(27)16-9-11-8-15(11)26(16)21(28)29/h1-7,11,15-16,24H,8-9H2,(H,25,27)(H,28,29)/t11-,15?,16+/m1/s1. The van der Waals surface area contributed by atoms with E-state index in [1.807, 2.05) is 12.1 Å². The van der Waals surface area contributed by atoms with Crippen LogP contribution in [0.5, 0.6) is 0 Å². The Bertz CT molecular complexity index is 1160. The van der Waals surface area contributed by atoms with Gasteiger partial charge < -0.3 is 15.4 Å². The van der Waals surface area contributed by atoms with E-state index in [9.17, 15) is 14.7 Å². The highest BCUT2D eigenvalue weighted by Crippen LogP contribution is 2.48. The Labute approximate surface area is 170 Å². The Morgan fingerprint density at radius 2 is 2.00 bits per heavy atom. The number of hydrogen-bond acceptors (Lipinski definition) is 2. The summed E-state index contributed by atoms with van der Waals surface area (Å²) in [5.41, 5.74) is 1.47. The fourth-order valence-electron chi connectivity index (χ4n) is 4.32. The maximum Gasteiger partial charge on any atom is 0.408 e. The van der Waals surface area contributed by atoms with Gasteiger partial charge in [0.25, 0.3) is 0 Å². The topological polar surface area (TPSA) is 85.4 Å². The quantitative estimate of drug-likeness (QED) is 0.581. The van der Waals surface area contributed by atoms with Crippen molar-refractivity contribution in [1.82, 2.24) is 9.88 Å². The highest BCUT2D eigenvalue weighted by Gasteiger charge is 2.56. The third kappa shape index (κ3) is 2.84. The molecule has 0 spiro atoms. The van der Waals surface area contributed by atoms with Crippen molar-refractivity contribution in [3.8, 4) is 11.1 Å². The lowest BCUT2D eigenvalue weighted by Crippen LogP contribution is -2.44. The zero-order valence-corrected chi connectivity index (χ0v) is 15.9. The van der Waals surface area contributed by atoms with Gasteiger partial charge >= 0.3 is 6.09 Å². The molecule has 0 radical (unpaired) electrons. The monoisotopic (exact) mass is 413 g/mol. The van der Waals surface area contributed by atoms with Crippen molar-refractivity contribution >= 4 is 40.2 Å². The second kappa shape index (κ2) is 6.49. The van der Waals surface area contributed by atoms with Crippen LogP contribution in [0.4, 0.5) is 14.9 Å². The molecule has 2 heterocycles. The molecule has 6 nitrogen and oxygen atoms in total. The Hall–Kier alpha value is -3.06. The van der Waals surface area contributed by atoms with Gasteiger partial charge in [-0.2, -0.15) is 0 Å². The molecule has 2 aliphatic rings. The predicted octanol–water partition coefficient (Wildman–Crippen LogP) is 4.71. The van der Waals surface area contributed by atoms with Crippen LogP contribution < -0.4 is 5.32 Å². The molecule has 2 amide bonds. The summed E-state index contributed by atoms with van der Waals surface area (Å²) in [5.74, 6) is -0.899. The normalized spacial score (nSPS) is 22.6. The Kier molecular flexibility index (Phi) is 4.03. The highest BCUT2D eigenvalue weighted by molar-refractivity contribution is 6.38. The molecule has 1 aliphatic heterocycles. The number of fused-ring (bicyclic) bond motifs is 2. The van der Waals surface area contributed by atoms with Crippen molar-refractivity contribution in [2.75, 3.05) is 5.32 Å². The van der Waals surface area contributed by atoms with E-state index in [0.717, 1.165) is 11.8 Å². The molecule has 1 saturated heterocycles. The van der Waals surface area contributed by atoms with Gasteiger partial charge in [-0.3, -0.25) is 9.69 Å². The van der Waals surface area contributed by atoms with Gasteiger partial charge in [0.1, 0.15) is 6.04 Å². The number of carbonyl (C=O) groups excluding carboxylic acids is 1. The number of anilines is 1. The largest absolute Gasteiger partial charge is 0.465 e. The van der Waals surface area contributed by atoms with Gasteiger partial charge in [-0.05, 0) is 30.9 Å². The minimum atomic E-state index is -1.12. The van der Waals surface area contributed by atoms with Crippen LogP contribution in [-0.2, 0) is 4.79 Å². The maximum absolute atomic E-state index is 15.2. The van der Waals surface area contributed by atoms with Crippen molar-refractivity contribution in [3.63, 3.8) is 0 Å². The zero-order valence-electron chi connectivity index (χ0n) is 15.2. The third-order valence-electron chi connectivity index (χ3n) is 5.84. The van der Waals surface area contributed by atoms with Crippen LogP contribution in [-0.4, -0.2) is 39.1 Å². The average molecular weight is 414 g/mol. The predicted molar refractivity (Wildman–Crippen MR) is 107 cm³/mol. The number of rotatable bonds is 3. The van der Waals surface area contributed by atoms with Crippen molar-refractivity contribution in [2.45, 2.75) is 24.9 Å². The molecule has 2 fully saturated rings. The SMILES string of the molecule is O=C(Nc1cccc(-c2ccc3cc[nH]c3c2Cl)c1F)[C@@H]1C[C@H]2CC2N1C(=O)O. The number of aromatic amines is 1. The second-order valence-corrected chi connectivity index (χ2v) is 7.91. The summed E-state index contributed by atoms with van der Waals surface area (Å²) < 4.78 is 15.2. The summed E-state index contributed by atoms with van der Waals surface area (Å²) in [6.07, 6.45) is 1.91. The molecule has 0 bridgehead atoms. The first-order chi connectivity index (χ1) is 14.0. The Balaban J connectivity index is 1.46. The van der Waals surface area contributed by atoms with E-state index in [1.165, 1.54) is 11.0 Å². The second-order valence-electron chi connectivity index (χ2n) is 7.53. The number of nitrogens with zero attached hydrogens (tertiary/aromatic N) is 1. The Morgan fingerprint density at radius 1 is 1.17 bits per heavy atom. The molecule has 1 saturated carbocycles. The number of carbonyl (C=O) groups is 2. The fourth-order valence-corrected chi connectivity index (χ4v) is 4.65. The molecule has 1 aliphatic carbocycles. The number of H-pyrrole nitrogens is 1. The number of aromatic nitrogens is 1. The number of likely N-dealkylation sites (tertiary alicyclic amines) is 1. The summed E-state index contributed by atoms with van der Waals surface area (Å²) in [4.78, 5) is 28.4. The van der Waals surface area contributed by atoms with E-state index in [1.54, 1.807) is 24.4 Å². The summed E-state index contributed by atoms with van der Waals surface area (Å²) in [6, 6.07) is 9.24. The molecule has 3 atom stereocenters. The first kappa shape index (κ1) is 18.0. The molecule has 1 unspecified atom stereocenters. The van der Waals surface area contributed by atoms with E-state index in [2.05, 4.69) is 10.3 Å². The minimum Gasteiger partial charge on any atom is -0.465 e. The summed E-state index contributed by atoms with van der Waals surface area (Å²) in [5, 5.41) is 13.3. The van der Waals surface area contributed by atoms with Gasteiger partial charge in [0, 0.05) is 28.8 Å². The van der Waals surface area contributed by atoms with Crippen LogP contribution in [0.1, 0.15) is 12.8 Å². The third-order valence-corrected chi connectivity index (χ3v) is 6.23. The Morgan fingerprint density at radius 3 is 2.79 bits per heavy atom. The van der Waals surface area contributed by atoms with Crippen molar-refractivity contribution in [2.24, 2.45) is 5.92 Å². The number of carboxylic acid groups (broad SMARTS) is 1. The van der Waals surface area contributed by atoms with E-state index < -0.39 is 23.9 Å². The molecule has 148 valence electrons. The smallest absolute Gasteiger partial charge is 0.408 e. The zero-order chi connectivity index (χ0) is 20.3. The van der Waals surface area contributed by atoms with Gasteiger partial charge in [0.05, 0.1) is 16.2 Å². The first-order valence-corrected chi connectivity index (χ1v) is 9.70. The van der Waals surface area contributed by atoms with Crippen LogP contribution in [0.3, 0.4) is 0 Å². The maximum atomic E-state index is 15.2. The number of piperidine rings is 1. The molecule has 5 rings (SSSR count). The number of benzene rings is 2. The van der Waals surface area contributed by atoms with Crippen LogP contribution in [0.15, 0.2) is 42.6 Å². The lowest BCUT2D eigenvalue weighted by Gasteiger charge is -2.24. The molecule has 3 aromatic rings. The van der Waals surface area contributed by atoms with Crippen molar-refractivity contribution < 1.29 is 19.1 Å². The molecular formula is C21H17ClFN3O3. The number of amides is 2. The van der Waals surface area contributed by atoms with E-state index >= 15 is 4.39 Å². The summed E-state index contributed by atoms with van der Waals surface area (Å²) in [7, 11) is 0. The van der Waals surface area contributed by atoms with E-state index in [4.69, 9.17) is 11.6 Å². The average Bonchev–Trinajstić information content (AvgIpc) is 3.12. The molecule has 29 heavy (non-hydrogen) atoms. The van der Waals surface area contributed by atoms with Gasteiger partial charge in [0.15, 0.2) is 5.82 Å². The molecule has 3 N–H and O–H groups in total. The van der Waals surface area contributed by atoms with Crippen molar-refractivity contribution in [3.05, 3.63) is 53.4 Å². The number of hydrogen-bond donors (Lipinski definition) is 3. The molecule has 2 aromatic carbocycles. The van der Waals surface area contributed by atoms with E-state index in [-0.39, 0.29) is 23.2 Å². The summed E-state index contributed by atoms with van der Waals surface area (Å²) >= 11 is 6.47. The molecule has 8 heteroatoms. The van der Waals surface area contributed by atoms with Crippen molar-refractivity contribution in [1.29, 1.82) is 0 Å². The van der Waals surface area contributed by atoms with Crippen LogP contribution in [0.2, 0.25) is 5.02 Å². The van der Waals surface area contributed by atoms with Gasteiger partial charge in [-0.25, -0.2) is 9.18 Å². The lowest BCUT2D eigenvalue weighted by atomic mass is 10.0. The van der Waals surface area contributed by atoms with Gasteiger partial charge in [-0.15, -0.1) is 0 Å². The molecular weight excluding hydrogens is 397 g/mol.